The van der Waals surface area contributed by atoms with E-state index < -0.39 is 5.95 Å². The van der Waals surface area contributed by atoms with Crippen LogP contribution in [0.15, 0.2) is 12.4 Å². The summed E-state index contributed by atoms with van der Waals surface area (Å²) in [6, 6.07) is 2.04. The van der Waals surface area contributed by atoms with Crippen LogP contribution in [-0.2, 0) is 0 Å². The van der Waals surface area contributed by atoms with Crippen LogP contribution < -0.4 is 4.90 Å². The van der Waals surface area contributed by atoms with Crippen LogP contribution in [0.4, 0.5) is 10.2 Å². The molecule has 0 amide bonds. The molecule has 3 heterocycles. The molecule has 1 unspecified atom stereocenters. The predicted molar refractivity (Wildman–Crippen MR) is 63.4 cm³/mol. The number of nitrogens with zero attached hydrogens (tertiary/aromatic N) is 4. The van der Waals surface area contributed by atoms with Crippen molar-refractivity contribution in [2.24, 2.45) is 0 Å². The second-order valence-corrected chi connectivity index (χ2v) is 4.83. The van der Waals surface area contributed by atoms with Gasteiger partial charge in [0.05, 0.1) is 0 Å². The Balaban J connectivity index is 1.67. The summed E-state index contributed by atoms with van der Waals surface area (Å²) >= 11 is 0. The normalized spacial score (nSPS) is 25.7. The van der Waals surface area contributed by atoms with Gasteiger partial charge in [-0.1, -0.05) is 0 Å². The molecule has 0 spiro atoms. The van der Waals surface area contributed by atoms with Crippen molar-refractivity contribution in [3.63, 3.8) is 0 Å². The van der Waals surface area contributed by atoms with Gasteiger partial charge in [0.15, 0.2) is 0 Å². The molecule has 0 saturated carbocycles. The standard InChI is InChI=1S/C12H17FN4/c13-11-7-12(15-9-14-11)17-6-3-10(8-17)16-4-1-2-5-16/h7,9-10H,1-6,8H2. The first kappa shape index (κ1) is 10.9. The molecule has 0 N–H and O–H groups in total. The first-order chi connectivity index (χ1) is 8.33. The molecule has 0 radical (unpaired) electrons. The fourth-order valence-corrected chi connectivity index (χ4v) is 2.85. The van der Waals surface area contributed by atoms with Crippen LogP contribution >= 0.6 is 0 Å². The van der Waals surface area contributed by atoms with Gasteiger partial charge in [-0.3, -0.25) is 4.90 Å². The molecule has 5 heteroatoms. The van der Waals surface area contributed by atoms with E-state index in [4.69, 9.17) is 0 Å². The van der Waals surface area contributed by atoms with E-state index in [0.29, 0.717) is 6.04 Å². The van der Waals surface area contributed by atoms with Crippen LogP contribution in [0.1, 0.15) is 19.3 Å². The fraction of sp³-hybridized carbons (Fsp3) is 0.667. The Labute approximate surface area is 100 Å². The van der Waals surface area contributed by atoms with E-state index >= 15 is 0 Å². The maximum absolute atomic E-state index is 13.0. The Hall–Kier alpha value is -1.23. The van der Waals surface area contributed by atoms with Crippen molar-refractivity contribution >= 4 is 5.82 Å². The third-order valence-electron chi connectivity index (χ3n) is 3.76. The molecule has 2 saturated heterocycles. The van der Waals surface area contributed by atoms with E-state index in [1.54, 1.807) is 0 Å². The Morgan fingerprint density at radius 1 is 1.18 bits per heavy atom. The lowest BCUT2D eigenvalue weighted by molar-refractivity contribution is 0.260. The van der Waals surface area contributed by atoms with Gasteiger partial charge in [0.2, 0.25) is 5.95 Å². The monoisotopic (exact) mass is 236 g/mol. The van der Waals surface area contributed by atoms with Gasteiger partial charge < -0.3 is 4.90 Å². The molecule has 0 aromatic carbocycles. The minimum Gasteiger partial charge on any atom is -0.355 e. The summed E-state index contributed by atoms with van der Waals surface area (Å²) < 4.78 is 13.0. The molecule has 0 bridgehead atoms. The molecule has 4 nitrogen and oxygen atoms in total. The minimum atomic E-state index is -0.445. The average molecular weight is 236 g/mol. The largest absolute Gasteiger partial charge is 0.355 e. The van der Waals surface area contributed by atoms with Gasteiger partial charge in [-0.05, 0) is 32.4 Å². The van der Waals surface area contributed by atoms with Crippen LogP contribution in [0.3, 0.4) is 0 Å². The SMILES string of the molecule is Fc1cc(N2CCC(N3CCCC3)C2)ncn1. The van der Waals surface area contributed by atoms with Crippen molar-refractivity contribution < 1.29 is 4.39 Å². The second kappa shape index (κ2) is 4.56. The number of hydrogen-bond donors (Lipinski definition) is 0. The predicted octanol–water partition coefficient (Wildman–Crippen LogP) is 1.29. The van der Waals surface area contributed by atoms with Crippen LogP contribution in [-0.4, -0.2) is 47.1 Å². The van der Waals surface area contributed by atoms with E-state index in [1.807, 2.05) is 0 Å². The van der Waals surface area contributed by atoms with Crippen molar-refractivity contribution in [3.05, 3.63) is 18.3 Å². The molecule has 17 heavy (non-hydrogen) atoms. The fourth-order valence-electron chi connectivity index (χ4n) is 2.85. The van der Waals surface area contributed by atoms with Gasteiger partial charge in [0.1, 0.15) is 12.1 Å². The summed E-state index contributed by atoms with van der Waals surface area (Å²) in [6.07, 6.45) is 5.09. The molecule has 2 aliphatic heterocycles. The first-order valence-corrected chi connectivity index (χ1v) is 6.29. The Kier molecular flexibility index (Phi) is 2.93. The highest BCUT2D eigenvalue weighted by molar-refractivity contribution is 5.38. The summed E-state index contributed by atoms with van der Waals surface area (Å²) in [5.74, 6) is 0.277. The van der Waals surface area contributed by atoms with Gasteiger partial charge in [-0.15, -0.1) is 0 Å². The highest BCUT2D eigenvalue weighted by Crippen LogP contribution is 2.23. The average Bonchev–Trinajstić information content (AvgIpc) is 3.00. The van der Waals surface area contributed by atoms with Crippen molar-refractivity contribution in [1.29, 1.82) is 0 Å². The van der Waals surface area contributed by atoms with E-state index in [9.17, 15) is 4.39 Å². The highest BCUT2D eigenvalue weighted by atomic mass is 19.1. The molecule has 2 aliphatic rings. The zero-order chi connectivity index (χ0) is 11.7. The maximum Gasteiger partial charge on any atom is 0.218 e. The van der Waals surface area contributed by atoms with Crippen molar-refractivity contribution in [2.75, 3.05) is 31.1 Å². The van der Waals surface area contributed by atoms with Gasteiger partial charge >= 0.3 is 0 Å². The van der Waals surface area contributed by atoms with Gasteiger partial charge in [-0.25, -0.2) is 9.97 Å². The zero-order valence-electron chi connectivity index (χ0n) is 9.85. The highest BCUT2D eigenvalue weighted by Gasteiger charge is 2.29. The quantitative estimate of drug-likeness (QED) is 0.724. The summed E-state index contributed by atoms with van der Waals surface area (Å²) in [7, 11) is 0. The summed E-state index contributed by atoms with van der Waals surface area (Å²) in [5, 5.41) is 0. The van der Waals surface area contributed by atoms with Crippen molar-refractivity contribution in [1.82, 2.24) is 14.9 Å². The van der Waals surface area contributed by atoms with Crippen LogP contribution in [0, 0.1) is 5.95 Å². The first-order valence-electron chi connectivity index (χ1n) is 6.29. The second-order valence-electron chi connectivity index (χ2n) is 4.83. The summed E-state index contributed by atoms with van der Waals surface area (Å²) in [5.41, 5.74) is 0. The number of halogens is 1. The van der Waals surface area contributed by atoms with Crippen molar-refractivity contribution in [2.45, 2.75) is 25.3 Å². The van der Waals surface area contributed by atoms with Crippen LogP contribution in [0.2, 0.25) is 0 Å². The Morgan fingerprint density at radius 3 is 2.76 bits per heavy atom. The van der Waals surface area contributed by atoms with E-state index in [2.05, 4.69) is 19.8 Å². The topological polar surface area (TPSA) is 32.3 Å². The lowest BCUT2D eigenvalue weighted by Gasteiger charge is -2.23. The third kappa shape index (κ3) is 2.24. The smallest absolute Gasteiger partial charge is 0.218 e. The number of anilines is 1. The van der Waals surface area contributed by atoms with Crippen LogP contribution in [0.25, 0.3) is 0 Å². The molecule has 92 valence electrons. The molecule has 1 aromatic heterocycles. The van der Waals surface area contributed by atoms with Gasteiger partial charge in [-0.2, -0.15) is 4.39 Å². The van der Waals surface area contributed by atoms with Gasteiger partial charge in [0, 0.05) is 25.2 Å². The number of rotatable bonds is 2. The lowest BCUT2D eigenvalue weighted by atomic mass is 10.2. The molecule has 1 atom stereocenters. The molecular weight excluding hydrogens is 219 g/mol. The van der Waals surface area contributed by atoms with Gasteiger partial charge in [0.25, 0.3) is 0 Å². The molecular formula is C12H17FN4. The van der Waals surface area contributed by atoms with Crippen LogP contribution in [0.5, 0.6) is 0 Å². The molecule has 3 rings (SSSR count). The van der Waals surface area contributed by atoms with E-state index in [-0.39, 0.29) is 0 Å². The Bertz CT molecular complexity index is 392. The van der Waals surface area contributed by atoms with Crippen molar-refractivity contribution in [3.8, 4) is 0 Å². The summed E-state index contributed by atoms with van der Waals surface area (Å²) in [6.45, 7) is 4.38. The molecule has 2 fully saturated rings. The van der Waals surface area contributed by atoms with E-state index in [1.165, 1.54) is 38.3 Å². The Morgan fingerprint density at radius 2 is 2.00 bits per heavy atom. The molecule has 1 aromatic rings. The maximum atomic E-state index is 13.0. The third-order valence-corrected chi connectivity index (χ3v) is 3.76. The molecule has 0 aliphatic carbocycles. The summed E-state index contributed by atoms with van der Waals surface area (Å²) in [4.78, 5) is 12.3. The minimum absolute atomic E-state index is 0.445. The number of aromatic nitrogens is 2. The zero-order valence-corrected chi connectivity index (χ0v) is 9.85. The van der Waals surface area contributed by atoms with E-state index in [0.717, 1.165) is 25.3 Å². The number of likely N-dealkylation sites (tertiary alicyclic amines) is 1. The number of hydrogen-bond acceptors (Lipinski definition) is 4. The lowest BCUT2D eigenvalue weighted by Crippen LogP contribution is -2.35.